The van der Waals surface area contributed by atoms with E-state index in [1.807, 2.05) is 0 Å². The monoisotopic (exact) mass is 368 g/mol. The summed E-state index contributed by atoms with van der Waals surface area (Å²) in [4.78, 5) is 2.94. The summed E-state index contributed by atoms with van der Waals surface area (Å²) in [5.74, 6) is 3.84. The van der Waals surface area contributed by atoms with Gasteiger partial charge in [-0.15, -0.1) is 0 Å². The Balaban J connectivity index is 1.47. The number of hydrogen-bond acceptors (Lipinski definition) is 2. The van der Waals surface area contributed by atoms with Crippen LogP contribution in [0.25, 0.3) is 0 Å². The molecule has 27 heavy (non-hydrogen) atoms. The lowest BCUT2D eigenvalue weighted by atomic mass is 9.71. The molecule has 1 saturated carbocycles. The minimum atomic E-state index is 0.286. The maximum absolute atomic E-state index is 3.58. The highest BCUT2D eigenvalue weighted by atomic mass is 15.2. The van der Waals surface area contributed by atoms with Gasteiger partial charge < -0.3 is 5.32 Å². The number of aryl methyl sites for hydroxylation is 1. The molecule has 3 aliphatic rings. The van der Waals surface area contributed by atoms with Crippen LogP contribution in [0.3, 0.4) is 0 Å². The van der Waals surface area contributed by atoms with Gasteiger partial charge in [-0.1, -0.05) is 30.3 Å². The van der Waals surface area contributed by atoms with E-state index in [9.17, 15) is 0 Å². The van der Waals surface area contributed by atoms with Gasteiger partial charge in [0.05, 0.1) is 0 Å². The Hall–Kier alpha value is -0.860. The van der Waals surface area contributed by atoms with Crippen LogP contribution in [0.15, 0.2) is 30.3 Å². The fourth-order valence-corrected chi connectivity index (χ4v) is 6.08. The van der Waals surface area contributed by atoms with Crippen molar-refractivity contribution in [1.29, 1.82) is 0 Å². The quantitative estimate of drug-likeness (QED) is 0.748. The first-order valence-electron chi connectivity index (χ1n) is 11.6. The van der Waals surface area contributed by atoms with Crippen LogP contribution >= 0.6 is 0 Å². The molecule has 1 N–H and O–H groups in total. The van der Waals surface area contributed by atoms with Crippen molar-refractivity contribution >= 4 is 0 Å². The molecule has 1 aromatic rings. The smallest absolute Gasteiger partial charge is 0.0159 e. The molecule has 3 unspecified atom stereocenters. The summed E-state index contributed by atoms with van der Waals surface area (Å²) in [5.41, 5.74) is 1.78. The Bertz CT molecular complexity index is 586. The SMILES string of the molecule is CC1C(C2CC2)CC(C2CCNCC2)CN1C(C)(C)CCc1ccccc1. The van der Waals surface area contributed by atoms with Crippen molar-refractivity contribution in [2.24, 2.45) is 23.7 Å². The highest BCUT2D eigenvalue weighted by Crippen LogP contribution is 2.48. The van der Waals surface area contributed by atoms with E-state index >= 15 is 0 Å². The lowest BCUT2D eigenvalue weighted by molar-refractivity contribution is -0.0380. The van der Waals surface area contributed by atoms with E-state index in [0.29, 0.717) is 0 Å². The zero-order chi connectivity index (χ0) is 18.9. The summed E-state index contributed by atoms with van der Waals surface area (Å²) in [6.45, 7) is 11.4. The fraction of sp³-hybridized carbons (Fsp3) is 0.760. The third-order valence-corrected chi connectivity index (χ3v) is 8.04. The Kier molecular flexibility index (Phi) is 5.94. The van der Waals surface area contributed by atoms with Gasteiger partial charge in [0.25, 0.3) is 0 Å². The molecule has 2 saturated heterocycles. The van der Waals surface area contributed by atoms with E-state index in [4.69, 9.17) is 0 Å². The molecule has 3 atom stereocenters. The van der Waals surface area contributed by atoms with E-state index in [0.717, 1.165) is 29.7 Å². The van der Waals surface area contributed by atoms with Gasteiger partial charge in [0, 0.05) is 18.1 Å². The van der Waals surface area contributed by atoms with Gasteiger partial charge in [-0.3, -0.25) is 4.90 Å². The van der Waals surface area contributed by atoms with Crippen molar-refractivity contribution in [3.63, 3.8) is 0 Å². The molecule has 0 amide bonds. The minimum Gasteiger partial charge on any atom is -0.317 e. The molecule has 150 valence electrons. The van der Waals surface area contributed by atoms with Crippen LogP contribution < -0.4 is 5.32 Å². The first-order chi connectivity index (χ1) is 13.0. The second-order valence-electron chi connectivity index (χ2n) is 10.3. The summed E-state index contributed by atoms with van der Waals surface area (Å²) in [6.07, 6.45) is 9.74. The second-order valence-corrected chi connectivity index (χ2v) is 10.3. The Morgan fingerprint density at radius 1 is 0.963 bits per heavy atom. The van der Waals surface area contributed by atoms with E-state index in [2.05, 4.69) is 61.3 Å². The zero-order valence-corrected chi connectivity index (χ0v) is 17.8. The number of benzene rings is 1. The summed E-state index contributed by atoms with van der Waals surface area (Å²) >= 11 is 0. The third kappa shape index (κ3) is 4.59. The van der Waals surface area contributed by atoms with Crippen molar-refractivity contribution in [3.05, 3.63) is 35.9 Å². The highest BCUT2D eigenvalue weighted by molar-refractivity contribution is 5.15. The number of nitrogens with zero attached hydrogens (tertiary/aromatic N) is 1. The van der Waals surface area contributed by atoms with E-state index < -0.39 is 0 Å². The van der Waals surface area contributed by atoms with Crippen molar-refractivity contribution in [1.82, 2.24) is 10.2 Å². The number of piperidine rings is 2. The molecule has 0 aromatic heterocycles. The molecule has 2 heterocycles. The molecule has 2 aliphatic heterocycles. The normalized spacial score (nSPS) is 31.1. The van der Waals surface area contributed by atoms with E-state index in [1.54, 1.807) is 0 Å². The van der Waals surface area contributed by atoms with Crippen molar-refractivity contribution < 1.29 is 0 Å². The number of rotatable bonds is 6. The standard InChI is InChI=1S/C25H40N2/c1-19-24(22-9-10-22)17-23(21-12-15-26-16-13-21)18-27(19)25(2,3)14-11-20-7-5-4-6-8-20/h4-8,19,21-24,26H,9-18H2,1-3H3. The zero-order valence-electron chi connectivity index (χ0n) is 17.8. The summed E-state index contributed by atoms with van der Waals surface area (Å²) in [5, 5.41) is 3.58. The topological polar surface area (TPSA) is 15.3 Å². The molecular weight excluding hydrogens is 328 g/mol. The minimum absolute atomic E-state index is 0.286. The average molecular weight is 369 g/mol. The second kappa shape index (κ2) is 8.25. The molecule has 2 nitrogen and oxygen atoms in total. The van der Waals surface area contributed by atoms with Crippen LogP contribution in [0.5, 0.6) is 0 Å². The predicted octanol–water partition coefficient (Wildman–Crippen LogP) is 5.13. The lowest BCUT2D eigenvalue weighted by Gasteiger charge is -2.53. The number of hydrogen-bond donors (Lipinski definition) is 1. The van der Waals surface area contributed by atoms with E-state index in [-0.39, 0.29) is 5.54 Å². The lowest BCUT2D eigenvalue weighted by Crippen LogP contribution is -2.58. The first kappa shape index (κ1) is 19.5. The van der Waals surface area contributed by atoms with Crippen LogP contribution in [0.2, 0.25) is 0 Å². The van der Waals surface area contributed by atoms with Crippen molar-refractivity contribution in [2.75, 3.05) is 19.6 Å². The predicted molar refractivity (Wildman–Crippen MR) is 115 cm³/mol. The van der Waals surface area contributed by atoms with Gasteiger partial charge in [0.1, 0.15) is 0 Å². The molecule has 0 bridgehead atoms. The van der Waals surface area contributed by atoms with Crippen LogP contribution in [0.1, 0.15) is 64.9 Å². The molecule has 0 spiro atoms. The molecule has 1 aliphatic carbocycles. The maximum Gasteiger partial charge on any atom is 0.0159 e. The Labute approximate surface area is 167 Å². The molecule has 4 rings (SSSR count). The van der Waals surface area contributed by atoms with Crippen molar-refractivity contribution in [3.8, 4) is 0 Å². The van der Waals surface area contributed by atoms with Crippen LogP contribution in [-0.2, 0) is 6.42 Å². The van der Waals surface area contributed by atoms with Gasteiger partial charge in [0.15, 0.2) is 0 Å². The summed E-state index contributed by atoms with van der Waals surface area (Å²) in [6, 6.07) is 11.8. The molecular formula is C25H40N2. The van der Waals surface area contributed by atoms with Gasteiger partial charge in [-0.2, -0.15) is 0 Å². The summed E-state index contributed by atoms with van der Waals surface area (Å²) in [7, 11) is 0. The van der Waals surface area contributed by atoms with E-state index in [1.165, 1.54) is 70.1 Å². The maximum atomic E-state index is 3.58. The molecule has 2 heteroatoms. The van der Waals surface area contributed by atoms with Gasteiger partial charge in [-0.25, -0.2) is 0 Å². The first-order valence-corrected chi connectivity index (χ1v) is 11.6. The molecule has 1 aromatic carbocycles. The number of likely N-dealkylation sites (tertiary alicyclic amines) is 1. The largest absolute Gasteiger partial charge is 0.317 e. The highest BCUT2D eigenvalue weighted by Gasteiger charge is 2.46. The number of nitrogens with one attached hydrogen (secondary N) is 1. The van der Waals surface area contributed by atoms with Crippen molar-refractivity contribution in [2.45, 2.75) is 77.3 Å². The van der Waals surface area contributed by atoms with Crippen LogP contribution in [0, 0.1) is 23.7 Å². The van der Waals surface area contributed by atoms with Crippen LogP contribution in [-0.4, -0.2) is 36.1 Å². The van der Waals surface area contributed by atoms with Gasteiger partial charge in [0.2, 0.25) is 0 Å². The van der Waals surface area contributed by atoms with Gasteiger partial charge in [-0.05, 0) is 108 Å². The molecule has 0 radical (unpaired) electrons. The van der Waals surface area contributed by atoms with Crippen LogP contribution in [0.4, 0.5) is 0 Å². The third-order valence-electron chi connectivity index (χ3n) is 8.04. The fourth-order valence-electron chi connectivity index (χ4n) is 6.08. The van der Waals surface area contributed by atoms with Gasteiger partial charge >= 0.3 is 0 Å². The average Bonchev–Trinajstić information content (AvgIpc) is 3.53. The Morgan fingerprint density at radius 3 is 2.33 bits per heavy atom. The Morgan fingerprint density at radius 2 is 1.67 bits per heavy atom. The summed E-state index contributed by atoms with van der Waals surface area (Å²) < 4.78 is 0. The molecule has 3 fully saturated rings.